The van der Waals surface area contributed by atoms with Crippen LogP contribution >= 0.6 is 34.8 Å². The summed E-state index contributed by atoms with van der Waals surface area (Å²) in [5, 5.41) is 0.622. The molecule has 0 radical (unpaired) electrons. The molecule has 4 aliphatic rings. The number of halogens is 3. The summed E-state index contributed by atoms with van der Waals surface area (Å²) in [5.74, 6) is 1.56. The smallest absolute Gasteiger partial charge is 0.267 e. The Labute approximate surface area is 184 Å². The van der Waals surface area contributed by atoms with Crippen molar-refractivity contribution in [3.63, 3.8) is 0 Å². The zero-order valence-electron chi connectivity index (χ0n) is 15.6. The third-order valence-electron chi connectivity index (χ3n) is 7.62. The van der Waals surface area contributed by atoms with Crippen LogP contribution in [-0.2, 0) is 15.3 Å². The van der Waals surface area contributed by atoms with Crippen molar-refractivity contribution in [1.29, 1.82) is 0 Å². The highest BCUT2D eigenvalue weighted by atomic mass is 35.5. The first-order valence-electron chi connectivity index (χ1n) is 10.1. The molecule has 29 heavy (non-hydrogen) atoms. The molecule has 2 saturated carbocycles. The minimum absolute atomic E-state index is 0.127. The third-order valence-corrected chi connectivity index (χ3v) is 8.71. The second kappa shape index (κ2) is 6.13. The summed E-state index contributed by atoms with van der Waals surface area (Å²) in [5.41, 5.74) is 1.05. The van der Waals surface area contributed by atoms with Crippen molar-refractivity contribution < 1.29 is 9.53 Å². The molecule has 6 rings (SSSR count). The maximum Gasteiger partial charge on any atom is 0.267 e. The molecule has 150 valence electrons. The monoisotopic (exact) mass is 447 g/mol. The summed E-state index contributed by atoms with van der Waals surface area (Å²) in [6.07, 6.45) is 2.21. The molecule has 0 aromatic heterocycles. The molecule has 2 aliphatic carbocycles. The Kier molecular flexibility index (Phi) is 3.91. The van der Waals surface area contributed by atoms with Crippen molar-refractivity contribution in [3.8, 4) is 0 Å². The van der Waals surface area contributed by atoms with Crippen molar-refractivity contribution in [2.45, 2.75) is 34.9 Å². The molecular formula is C23H20Cl3NO2. The van der Waals surface area contributed by atoms with E-state index in [0.717, 1.165) is 18.4 Å². The Morgan fingerprint density at radius 3 is 2.41 bits per heavy atom. The zero-order chi connectivity index (χ0) is 20.0. The molecule has 2 saturated heterocycles. The molecule has 0 N–H and O–H groups in total. The van der Waals surface area contributed by atoms with E-state index in [-0.39, 0.29) is 11.9 Å². The highest BCUT2D eigenvalue weighted by Gasteiger charge is 2.78. The lowest BCUT2D eigenvalue weighted by molar-refractivity contribution is -0.282. The average molecular weight is 449 g/mol. The van der Waals surface area contributed by atoms with Gasteiger partial charge >= 0.3 is 0 Å². The van der Waals surface area contributed by atoms with Gasteiger partial charge in [0.05, 0.1) is 6.61 Å². The van der Waals surface area contributed by atoms with Gasteiger partial charge in [-0.15, -0.1) is 0 Å². The molecule has 6 atom stereocenters. The number of alkyl halides is 2. The zero-order valence-corrected chi connectivity index (χ0v) is 17.9. The van der Waals surface area contributed by atoms with Crippen LogP contribution in [0.2, 0.25) is 5.02 Å². The normalized spacial score (nSPS) is 39.1. The number of nitrogens with zero attached hydrogens (tertiary/aromatic N) is 1. The van der Waals surface area contributed by atoms with Gasteiger partial charge in [-0.3, -0.25) is 4.79 Å². The molecule has 3 nitrogen and oxygen atoms in total. The van der Waals surface area contributed by atoms with Crippen LogP contribution in [0.25, 0.3) is 0 Å². The number of carbonyl (C=O) groups is 1. The van der Waals surface area contributed by atoms with Crippen molar-refractivity contribution in [2.75, 3.05) is 6.61 Å². The maximum atomic E-state index is 13.1. The number of hydrogen-bond acceptors (Lipinski definition) is 2. The van der Waals surface area contributed by atoms with E-state index in [1.165, 1.54) is 5.56 Å². The molecule has 2 heterocycles. The van der Waals surface area contributed by atoms with E-state index in [2.05, 4.69) is 30.3 Å². The largest absolute Gasteiger partial charge is 0.348 e. The number of benzene rings is 2. The van der Waals surface area contributed by atoms with E-state index in [1.807, 2.05) is 17.0 Å². The number of rotatable bonds is 2. The molecular weight excluding hydrogens is 429 g/mol. The van der Waals surface area contributed by atoms with Crippen LogP contribution < -0.4 is 0 Å². The summed E-state index contributed by atoms with van der Waals surface area (Å²) in [4.78, 5) is 14.9. The first-order valence-corrected chi connectivity index (χ1v) is 11.2. The molecule has 4 fully saturated rings. The second-order valence-corrected chi connectivity index (χ2v) is 10.5. The molecule has 1 amide bonds. The molecule has 2 aromatic rings. The van der Waals surface area contributed by atoms with Gasteiger partial charge in [-0.2, -0.15) is 0 Å². The summed E-state index contributed by atoms with van der Waals surface area (Å²) in [6, 6.07) is 18.1. The molecule has 2 aromatic carbocycles. The van der Waals surface area contributed by atoms with Crippen LogP contribution in [-0.4, -0.2) is 27.8 Å². The topological polar surface area (TPSA) is 29.5 Å². The minimum Gasteiger partial charge on any atom is -0.348 e. The van der Waals surface area contributed by atoms with Gasteiger partial charge in [0.25, 0.3) is 5.91 Å². The lowest BCUT2D eigenvalue weighted by atomic mass is 9.70. The van der Waals surface area contributed by atoms with E-state index in [0.29, 0.717) is 35.3 Å². The van der Waals surface area contributed by atoms with Gasteiger partial charge in [-0.05, 0) is 48.3 Å². The van der Waals surface area contributed by atoms with Gasteiger partial charge < -0.3 is 9.64 Å². The predicted molar refractivity (Wildman–Crippen MR) is 113 cm³/mol. The van der Waals surface area contributed by atoms with Crippen molar-refractivity contribution >= 4 is 40.7 Å². The third kappa shape index (κ3) is 2.23. The molecule has 0 unspecified atom stereocenters. The van der Waals surface area contributed by atoms with E-state index in [1.54, 1.807) is 12.1 Å². The molecule has 6 heteroatoms. The first-order chi connectivity index (χ1) is 13.9. The number of fused-ring (bicyclic) bond motifs is 7. The Bertz CT molecular complexity index is 979. The van der Waals surface area contributed by atoms with Gasteiger partial charge in [0.15, 0.2) is 0 Å². The number of hydrogen-bond donors (Lipinski definition) is 0. The summed E-state index contributed by atoms with van der Waals surface area (Å²) in [7, 11) is 0. The Morgan fingerprint density at radius 2 is 1.69 bits per heavy atom. The van der Waals surface area contributed by atoms with E-state index in [9.17, 15) is 4.79 Å². The fourth-order valence-electron chi connectivity index (χ4n) is 6.51. The average Bonchev–Trinajstić information content (AvgIpc) is 3.33. The second-order valence-electron chi connectivity index (χ2n) is 8.78. The number of amides is 1. The fraction of sp³-hybridized carbons (Fsp3) is 0.435. The predicted octanol–water partition coefficient (Wildman–Crippen LogP) is 5.35. The van der Waals surface area contributed by atoms with Gasteiger partial charge in [0, 0.05) is 22.5 Å². The van der Waals surface area contributed by atoms with Crippen LogP contribution in [0.1, 0.15) is 29.9 Å². The lowest BCUT2D eigenvalue weighted by Gasteiger charge is -2.66. The number of carbonyl (C=O) groups excluding carboxylic acids is 1. The molecule has 0 spiro atoms. The SMILES string of the molecule is O=C1N2[C@@H]3[C@H]4C[C@@H]([C@@H]3CO[C@]2(c2ccc(Cl)cc2)C1(Cl)Cl)[C@H](c1ccccc1)C4. The van der Waals surface area contributed by atoms with Gasteiger partial charge in [0.1, 0.15) is 0 Å². The van der Waals surface area contributed by atoms with Gasteiger partial charge in [-0.1, -0.05) is 77.3 Å². The highest BCUT2D eigenvalue weighted by Crippen LogP contribution is 2.67. The van der Waals surface area contributed by atoms with Crippen molar-refractivity contribution in [1.82, 2.24) is 4.90 Å². The van der Waals surface area contributed by atoms with Crippen LogP contribution in [0, 0.1) is 17.8 Å². The standard InChI is InChI=1S/C23H20Cl3NO2/c24-16-8-6-15(7-9-16)23-22(25,26)21(28)27(23)20-14-10-17(13-4-2-1-3-5-13)18(11-14)19(20)12-29-23/h1-9,14,17-20H,10-12H2/t14-,17+,18-,19+,20-,23-/m1/s1. The molecule has 2 aliphatic heterocycles. The Hall–Kier alpha value is -1.26. The van der Waals surface area contributed by atoms with Crippen LogP contribution in [0.5, 0.6) is 0 Å². The van der Waals surface area contributed by atoms with Crippen LogP contribution in [0.4, 0.5) is 0 Å². The highest BCUT2D eigenvalue weighted by molar-refractivity contribution is 6.61. The van der Waals surface area contributed by atoms with Crippen molar-refractivity contribution in [3.05, 3.63) is 70.7 Å². The van der Waals surface area contributed by atoms with Gasteiger partial charge in [-0.25, -0.2) is 0 Å². The summed E-state index contributed by atoms with van der Waals surface area (Å²) in [6.45, 7) is 0.558. The lowest BCUT2D eigenvalue weighted by Crippen LogP contribution is -2.82. The summed E-state index contributed by atoms with van der Waals surface area (Å²) >= 11 is 19.3. The first kappa shape index (κ1) is 18.5. The molecule has 2 bridgehead atoms. The minimum atomic E-state index is -1.62. The van der Waals surface area contributed by atoms with Crippen molar-refractivity contribution in [2.24, 2.45) is 17.8 Å². The van der Waals surface area contributed by atoms with Crippen LogP contribution in [0.15, 0.2) is 54.6 Å². The van der Waals surface area contributed by atoms with Gasteiger partial charge in [0.2, 0.25) is 10.1 Å². The maximum absolute atomic E-state index is 13.1. The summed E-state index contributed by atoms with van der Waals surface area (Å²) < 4.78 is 4.81. The number of ether oxygens (including phenoxy) is 1. The Morgan fingerprint density at radius 1 is 0.966 bits per heavy atom. The van der Waals surface area contributed by atoms with Crippen LogP contribution in [0.3, 0.4) is 0 Å². The van der Waals surface area contributed by atoms with E-state index < -0.39 is 10.1 Å². The fourth-order valence-corrected chi connectivity index (χ4v) is 7.33. The van der Waals surface area contributed by atoms with E-state index >= 15 is 0 Å². The Balaban J connectivity index is 1.38. The quantitative estimate of drug-likeness (QED) is 0.458. The number of β-lactam (4-membered cyclic amide) rings is 1. The van der Waals surface area contributed by atoms with E-state index in [4.69, 9.17) is 39.5 Å².